The van der Waals surface area contributed by atoms with Crippen molar-refractivity contribution in [3.63, 3.8) is 0 Å². The number of benzene rings is 3. The van der Waals surface area contributed by atoms with Crippen LogP contribution in [0, 0.1) is 0 Å². The van der Waals surface area contributed by atoms with Crippen molar-refractivity contribution in [2.24, 2.45) is 0 Å². The molecule has 3 aromatic rings. The van der Waals surface area contributed by atoms with E-state index in [0.717, 1.165) is 23.1 Å². The van der Waals surface area contributed by atoms with Gasteiger partial charge in [0.2, 0.25) is 0 Å². The van der Waals surface area contributed by atoms with Gasteiger partial charge in [0.1, 0.15) is 27.9 Å². The zero-order valence-electron chi connectivity index (χ0n) is 15.7. The smallest absolute Gasteiger partial charge is 0.137 e. The van der Waals surface area contributed by atoms with Gasteiger partial charge < -0.3 is 20.1 Å². The summed E-state index contributed by atoms with van der Waals surface area (Å²) >= 11 is 3.18. The molecule has 6 heteroatoms. The summed E-state index contributed by atoms with van der Waals surface area (Å²) in [6, 6.07) is 20.7. The number of halogens is 1. The van der Waals surface area contributed by atoms with E-state index in [1.54, 1.807) is 24.3 Å². The molecule has 2 atom stereocenters. The quantitative estimate of drug-likeness (QED) is 0.519. The molecular formula is C23H22BrNO4. The first-order chi connectivity index (χ1) is 14.0. The van der Waals surface area contributed by atoms with Crippen LogP contribution in [0.4, 0.5) is 0 Å². The van der Waals surface area contributed by atoms with Crippen LogP contribution in [0.15, 0.2) is 71.2 Å². The average Bonchev–Trinajstić information content (AvgIpc) is 3.10. The molecule has 0 radical (unpaired) electrons. The van der Waals surface area contributed by atoms with Gasteiger partial charge in [-0.25, -0.2) is 0 Å². The van der Waals surface area contributed by atoms with E-state index in [0.29, 0.717) is 17.6 Å². The Bertz CT molecular complexity index is 955. The molecule has 0 amide bonds. The lowest BCUT2D eigenvalue weighted by Crippen LogP contribution is -2.34. The molecule has 0 bridgehead atoms. The molecule has 150 valence electrons. The first-order valence-corrected chi connectivity index (χ1v) is 10.2. The summed E-state index contributed by atoms with van der Waals surface area (Å²) in [6.07, 6.45) is 0.546. The lowest BCUT2D eigenvalue weighted by Gasteiger charge is -2.28. The minimum Gasteiger partial charge on any atom is -0.508 e. The highest BCUT2D eigenvalue weighted by atomic mass is 79.9. The standard InChI is InChI=1S/C23H22BrNO4/c24-22-20(27)11-16(12-21(22)28)13-25-18(10-15-6-8-19(26)9-7-15)14-29-23(25)17-4-2-1-3-5-17/h1-9,11-12,18,23,26-28H,10,13-14H2/t18-,23?/m0/s1. The van der Waals surface area contributed by atoms with E-state index in [1.165, 1.54) is 0 Å². The highest BCUT2D eigenvalue weighted by Crippen LogP contribution is 2.38. The van der Waals surface area contributed by atoms with Crippen LogP contribution in [0.3, 0.4) is 0 Å². The van der Waals surface area contributed by atoms with Crippen molar-refractivity contribution >= 4 is 15.9 Å². The largest absolute Gasteiger partial charge is 0.508 e. The van der Waals surface area contributed by atoms with Gasteiger partial charge in [-0.3, -0.25) is 4.90 Å². The van der Waals surface area contributed by atoms with Gasteiger partial charge in [0.05, 0.1) is 6.61 Å². The molecule has 1 aliphatic rings. The fraction of sp³-hybridized carbons (Fsp3) is 0.217. The van der Waals surface area contributed by atoms with Gasteiger partial charge in [0, 0.05) is 12.6 Å². The van der Waals surface area contributed by atoms with Crippen molar-refractivity contribution in [1.29, 1.82) is 0 Å². The predicted molar refractivity (Wildman–Crippen MR) is 114 cm³/mol. The molecule has 3 N–H and O–H groups in total. The van der Waals surface area contributed by atoms with Crippen LogP contribution in [0.5, 0.6) is 17.2 Å². The molecule has 0 spiro atoms. The number of ether oxygens (including phenoxy) is 1. The lowest BCUT2D eigenvalue weighted by atomic mass is 10.0. The van der Waals surface area contributed by atoms with Gasteiger partial charge >= 0.3 is 0 Å². The molecule has 0 aromatic heterocycles. The van der Waals surface area contributed by atoms with Gasteiger partial charge in [-0.15, -0.1) is 0 Å². The summed E-state index contributed by atoms with van der Waals surface area (Å²) in [5.74, 6) is 0.258. The lowest BCUT2D eigenvalue weighted by molar-refractivity contribution is 0.0246. The second kappa shape index (κ2) is 8.45. The third-order valence-electron chi connectivity index (χ3n) is 5.17. The number of phenolic OH excluding ortho intramolecular Hbond substituents is 3. The number of aromatic hydroxyl groups is 3. The van der Waals surface area contributed by atoms with Crippen LogP contribution >= 0.6 is 15.9 Å². The van der Waals surface area contributed by atoms with Crippen molar-refractivity contribution < 1.29 is 20.1 Å². The molecule has 4 rings (SSSR count). The molecule has 1 unspecified atom stereocenters. The Hall–Kier alpha value is -2.54. The van der Waals surface area contributed by atoms with Gasteiger partial charge in [0.25, 0.3) is 0 Å². The van der Waals surface area contributed by atoms with E-state index in [-0.39, 0.29) is 29.5 Å². The van der Waals surface area contributed by atoms with E-state index < -0.39 is 0 Å². The normalized spacial score (nSPS) is 19.5. The highest BCUT2D eigenvalue weighted by Gasteiger charge is 2.35. The second-order valence-corrected chi connectivity index (χ2v) is 8.03. The molecule has 5 nitrogen and oxygen atoms in total. The summed E-state index contributed by atoms with van der Waals surface area (Å²) in [4.78, 5) is 2.24. The third-order valence-corrected chi connectivity index (χ3v) is 5.98. The van der Waals surface area contributed by atoms with Crippen LogP contribution in [0.25, 0.3) is 0 Å². The average molecular weight is 456 g/mol. The predicted octanol–water partition coefficient (Wildman–Crippen LogP) is 4.71. The van der Waals surface area contributed by atoms with Crippen LogP contribution in [0.1, 0.15) is 22.9 Å². The monoisotopic (exact) mass is 455 g/mol. The summed E-state index contributed by atoms with van der Waals surface area (Å²) in [7, 11) is 0. The number of hydrogen-bond acceptors (Lipinski definition) is 5. The van der Waals surface area contributed by atoms with Crippen LogP contribution in [-0.2, 0) is 17.7 Å². The first-order valence-electron chi connectivity index (χ1n) is 9.42. The SMILES string of the molecule is Oc1ccc(C[C@H]2COC(c3ccccc3)N2Cc2cc(O)c(Br)c(O)c2)cc1. The molecule has 0 aliphatic carbocycles. The number of phenols is 3. The summed E-state index contributed by atoms with van der Waals surface area (Å²) in [6.45, 7) is 1.08. The first kappa shape index (κ1) is 19.8. The number of rotatable bonds is 5. The molecular weight excluding hydrogens is 434 g/mol. The molecule has 1 aliphatic heterocycles. The maximum absolute atomic E-state index is 10.1. The van der Waals surface area contributed by atoms with Crippen LogP contribution in [0.2, 0.25) is 0 Å². The van der Waals surface area contributed by atoms with Gasteiger partial charge in [-0.1, -0.05) is 42.5 Å². The Balaban J connectivity index is 1.63. The number of nitrogens with zero attached hydrogens (tertiary/aromatic N) is 1. The maximum atomic E-state index is 10.1. The van der Waals surface area contributed by atoms with Gasteiger partial charge in [-0.2, -0.15) is 0 Å². The van der Waals surface area contributed by atoms with E-state index in [1.807, 2.05) is 42.5 Å². The van der Waals surface area contributed by atoms with Crippen molar-refractivity contribution in [2.45, 2.75) is 25.2 Å². The van der Waals surface area contributed by atoms with Gasteiger partial charge in [0.15, 0.2) is 0 Å². The summed E-state index contributed by atoms with van der Waals surface area (Å²) in [5, 5.41) is 29.7. The van der Waals surface area contributed by atoms with Crippen molar-refractivity contribution in [2.75, 3.05) is 6.61 Å². The fourth-order valence-corrected chi connectivity index (χ4v) is 3.96. The van der Waals surface area contributed by atoms with E-state index in [4.69, 9.17) is 4.74 Å². The van der Waals surface area contributed by atoms with Crippen molar-refractivity contribution in [3.8, 4) is 17.2 Å². The van der Waals surface area contributed by atoms with Gasteiger partial charge in [-0.05, 0) is 63.3 Å². The molecule has 1 fully saturated rings. The third kappa shape index (κ3) is 4.40. The van der Waals surface area contributed by atoms with E-state index in [9.17, 15) is 15.3 Å². The highest BCUT2D eigenvalue weighted by molar-refractivity contribution is 9.10. The zero-order valence-corrected chi connectivity index (χ0v) is 17.3. The molecule has 3 aromatic carbocycles. The molecule has 29 heavy (non-hydrogen) atoms. The second-order valence-electron chi connectivity index (χ2n) is 7.24. The Morgan fingerprint density at radius 2 is 1.55 bits per heavy atom. The topological polar surface area (TPSA) is 73.2 Å². The number of hydrogen-bond donors (Lipinski definition) is 3. The Kier molecular flexibility index (Phi) is 5.76. The Morgan fingerprint density at radius 1 is 0.897 bits per heavy atom. The Morgan fingerprint density at radius 3 is 2.21 bits per heavy atom. The van der Waals surface area contributed by atoms with Crippen molar-refractivity contribution in [3.05, 3.63) is 87.9 Å². The fourth-order valence-electron chi connectivity index (χ4n) is 3.74. The summed E-state index contributed by atoms with van der Waals surface area (Å²) in [5.41, 5.74) is 2.97. The minimum absolute atomic E-state index is 0.00598. The molecule has 1 saturated heterocycles. The molecule has 0 saturated carbocycles. The van der Waals surface area contributed by atoms with Crippen LogP contribution in [-0.4, -0.2) is 32.9 Å². The van der Waals surface area contributed by atoms with E-state index >= 15 is 0 Å². The zero-order chi connectivity index (χ0) is 20.4. The Labute approximate surface area is 177 Å². The minimum atomic E-state index is -0.216. The summed E-state index contributed by atoms with van der Waals surface area (Å²) < 4.78 is 6.45. The van der Waals surface area contributed by atoms with Crippen LogP contribution < -0.4 is 0 Å². The van der Waals surface area contributed by atoms with Crippen molar-refractivity contribution in [1.82, 2.24) is 4.90 Å². The van der Waals surface area contributed by atoms with E-state index in [2.05, 4.69) is 20.8 Å². The maximum Gasteiger partial charge on any atom is 0.137 e. The molecule has 1 heterocycles.